The first-order valence-electron chi connectivity index (χ1n) is 19.4. The van der Waals surface area contributed by atoms with E-state index in [4.69, 9.17) is 9.98 Å². The highest BCUT2D eigenvalue weighted by molar-refractivity contribution is 7.26. The summed E-state index contributed by atoms with van der Waals surface area (Å²) in [5.74, 6) is 1.14. The van der Waals surface area contributed by atoms with E-state index in [1.807, 2.05) is 36.4 Å². The number of aliphatic imine (C=N–C) groups is 3. The lowest BCUT2D eigenvalue weighted by molar-refractivity contribution is 1.06. The molecule has 5 nitrogen and oxygen atoms in total. The Morgan fingerprint density at radius 3 is 1.71 bits per heavy atom. The third-order valence-electron chi connectivity index (χ3n) is 11.1. The van der Waals surface area contributed by atoms with Crippen molar-refractivity contribution in [3.63, 3.8) is 0 Å². The average Bonchev–Trinajstić information content (AvgIpc) is 3.94. The van der Waals surface area contributed by atoms with E-state index in [2.05, 4.69) is 173 Å². The molecule has 58 heavy (non-hydrogen) atoms. The van der Waals surface area contributed by atoms with Gasteiger partial charge in [0, 0.05) is 64.2 Å². The standard InChI is InChI=1S/C52H35N5S/c1-53-51(35-19-7-3-8-20-35)55-52(54-33-34-17-5-2-6-18-34)44-30-37(29-43-40-25-13-16-28-49(40)58-50(43)44)57-46-27-15-12-24-39(46)42-31-41-38-23-11-14-26-45(38)56(47(41)32-48(42)57)36-21-9-4-10-22-36/h2-32H,1,33H2. The van der Waals surface area contributed by atoms with Gasteiger partial charge in [0.15, 0.2) is 11.7 Å². The molecule has 0 fully saturated rings. The SMILES string of the molecule is C=NC(=NC(=NCc1ccccc1)c1cc(-n2c3ccccc3c3cc4c5ccccc5n(-c5ccccc5)c4cc32)cc2c1sc1ccccc12)c1ccccc1. The minimum Gasteiger partial charge on any atom is -0.309 e. The Labute approximate surface area is 338 Å². The summed E-state index contributed by atoms with van der Waals surface area (Å²) in [6.07, 6.45) is 0. The molecule has 0 unspecified atom stereocenters. The van der Waals surface area contributed by atoms with E-state index in [0.717, 1.165) is 54.7 Å². The van der Waals surface area contributed by atoms with Crippen LogP contribution in [-0.4, -0.2) is 27.5 Å². The van der Waals surface area contributed by atoms with E-state index < -0.39 is 0 Å². The van der Waals surface area contributed by atoms with Crippen molar-refractivity contribution in [3.8, 4) is 11.4 Å². The van der Waals surface area contributed by atoms with Crippen LogP contribution in [0.25, 0.3) is 75.2 Å². The Hall–Kier alpha value is -7.41. The monoisotopic (exact) mass is 761 g/mol. The van der Waals surface area contributed by atoms with Gasteiger partial charge in [-0.3, -0.25) is 4.99 Å². The zero-order valence-electron chi connectivity index (χ0n) is 31.5. The van der Waals surface area contributed by atoms with Crippen molar-refractivity contribution in [2.75, 3.05) is 0 Å². The highest BCUT2D eigenvalue weighted by Crippen LogP contribution is 2.42. The molecule has 0 atom stereocenters. The maximum Gasteiger partial charge on any atom is 0.161 e. The van der Waals surface area contributed by atoms with E-state index in [9.17, 15) is 0 Å². The lowest BCUT2D eigenvalue weighted by Crippen LogP contribution is -2.07. The molecular weight excluding hydrogens is 727 g/mol. The lowest BCUT2D eigenvalue weighted by Gasteiger charge is -2.13. The normalized spacial score (nSPS) is 12.5. The third-order valence-corrected chi connectivity index (χ3v) is 12.3. The van der Waals surface area contributed by atoms with Gasteiger partial charge in [0.05, 0.1) is 28.6 Å². The minimum absolute atomic E-state index is 0.465. The second kappa shape index (κ2) is 14.0. The van der Waals surface area contributed by atoms with Gasteiger partial charge in [-0.2, -0.15) is 0 Å². The van der Waals surface area contributed by atoms with Crippen molar-refractivity contribution in [3.05, 3.63) is 205 Å². The van der Waals surface area contributed by atoms with Gasteiger partial charge in [0.1, 0.15) is 0 Å². The van der Waals surface area contributed by atoms with Crippen molar-refractivity contribution in [2.24, 2.45) is 15.0 Å². The number of thiophene rings is 1. The number of para-hydroxylation sites is 3. The van der Waals surface area contributed by atoms with Gasteiger partial charge in [-0.1, -0.05) is 133 Å². The van der Waals surface area contributed by atoms with Crippen LogP contribution in [0.2, 0.25) is 0 Å². The number of rotatable bonds is 6. The number of fused-ring (bicyclic) bond motifs is 9. The molecule has 11 rings (SSSR count). The van der Waals surface area contributed by atoms with E-state index in [0.29, 0.717) is 18.2 Å². The first-order chi connectivity index (χ1) is 28.7. The molecular formula is C52H35N5S. The first-order valence-corrected chi connectivity index (χ1v) is 20.2. The van der Waals surface area contributed by atoms with E-state index in [-0.39, 0.29) is 0 Å². The molecule has 0 spiro atoms. The van der Waals surface area contributed by atoms with Crippen LogP contribution in [0, 0.1) is 0 Å². The van der Waals surface area contributed by atoms with Crippen LogP contribution in [0.5, 0.6) is 0 Å². The van der Waals surface area contributed by atoms with Gasteiger partial charge in [0.2, 0.25) is 0 Å². The molecule has 0 aliphatic rings. The molecule has 11 aromatic rings. The van der Waals surface area contributed by atoms with Crippen LogP contribution in [0.1, 0.15) is 16.7 Å². The molecule has 0 radical (unpaired) electrons. The zero-order valence-corrected chi connectivity index (χ0v) is 32.3. The molecule has 8 aromatic carbocycles. The van der Waals surface area contributed by atoms with Gasteiger partial charge in [0.25, 0.3) is 0 Å². The Morgan fingerprint density at radius 2 is 1.03 bits per heavy atom. The summed E-state index contributed by atoms with van der Waals surface area (Å²) in [4.78, 5) is 15.0. The highest BCUT2D eigenvalue weighted by Gasteiger charge is 2.22. The number of hydrogen-bond acceptors (Lipinski definition) is 2. The van der Waals surface area contributed by atoms with E-state index >= 15 is 0 Å². The Kier molecular flexibility index (Phi) is 8.15. The number of hydrogen-bond donors (Lipinski definition) is 0. The quantitative estimate of drug-likeness (QED) is 0.120. The predicted octanol–water partition coefficient (Wildman–Crippen LogP) is 13.3. The van der Waals surface area contributed by atoms with E-state index in [1.54, 1.807) is 11.3 Å². The maximum atomic E-state index is 5.29. The maximum absolute atomic E-state index is 5.29. The van der Waals surface area contributed by atoms with Crippen molar-refractivity contribution < 1.29 is 0 Å². The molecule has 3 heterocycles. The molecule has 0 saturated heterocycles. The number of amidine groups is 2. The first kappa shape index (κ1) is 33.9. The van der Waals surface area contributed by atoms with Crippen LogP contribution in [0.4, 0.5) is 0 Å². The van der Waals surface area contributed by atoms with Crippen LogP contribution in [-0.2, 0) is 6.54 Å². The fourth-order valence-electron chi connectivity index (χ4n) is 8.48. The summed E-state index contributed by atoms with van der Waals surface area (Å²) in [5, 5.41) is 7.23. The predicted molar refractivity (Wildman–Crippen MR) is 247 cm³/mol. The lowest BCUT2D eigenvalue weighted by atomic mass is 10.1. The van der Waals surface area contributed by atoms with Gasteiger partial charge >= 0.3 is 0 Å². The summed E-state index contributed by atoms with van der Waals surface area (Å²) < 4.78 is 7.16. The molecule has 6 heteroatoms. The van der Waals surface area contributed by atoms with Crippen LogP contribution in [0.15, 0.2) is 203 Å². The summed E-state index contributed by atoms with van der Waals surface area (Å²) in [5.41, 5.74) is 9.71. The van der Waals surface area contributed by atoms with Gasteiger partial charge < -0.3 is 9.13 Å². The van der Waals surface area contributed by atoms with Gasteiger partial charge in [-0.05, 0) is 66.9 Å². The molecule has 0 aliphatic carbocycles. The largest absolute Gasteiger partial charge is 0.309 e. The van der Waals surface area contributed by atoms with Crippen molar-refractivity contribution in [2.45, 2.75) is 6.54 Å². The number of aromatic nitrogens is 2. The molecule has 0 saturated carbocycles. The minimum atomic E-state index is 0.465. The van der Waals surface area contributed by atoms with Crippen LogP contribution >= 0.6 is 11.3 Å². The topological polar surface area (TPSA) is 46.9 Å². The average molecular weight is 762 g/mol. The van der Waals surface area contributed by atoms with Crippen LogP contribution in [0.3, 0.4) is 0 Å². The van der Waals surface area contributed by atoms with Crippen molar-refractivity contribution in [1.29, 1.82) is 0 Å². The molecule has 0 bridgehead atoms. The summed E-state index contributed by atoms with van der Waals surface area (Å²) in [6, 6.07) is 66.6. The molecule has 0 aliphatic heterocycles. The Bertz CT molecular complexity index is 3430. The fraction of sp³-hybridized carbons (Fsp3) is 0.0192. The van der Waals surface area contributed by atoms with Crippen LogP contribution < -0.4 is 0 Å². The van der Waals surface area contributed by atoms with Gasteiger partial charge in [-0.15, -0.1) is 11.3 Å². The molecule has 0 N–H and O–H groups in total. The second-order valence-electron chi connectivity index (χ2n) is 14.5. The van der Waals surface area contributed by atoms with Crippen molar-refractivity contribution >= 4 is 93.5 Å². The smallest absolute Gasteiger partial charge is 0.161 e. The summed E-state index contributed by atoms with van der Waals surface area (Å²) in [7, 11) is 0. The number of nitrogens with zero attached hydrogens (tertiary/aromatic N) is 5. The van der Waals surface area contributed by atoms with Crippen molar-refractivity contribution in [1.82, 2.24) is 9.13 Å². The summed E-state index contributed by atoms with van der Waals surface area (Å²) in [6.45, 7) is 4.42. The fourth-order valence-corrected chi connectivity index (χ4v) is 9.67. The Morgan fingerprint density at radius 1 is 0.466 bits per heavy atom. The molecule has 0 amide bonds. The molecule has 274 valence electrons. The zero-order chi connectivity index (χ0) is 38.6. The Balaban J connectivity index is 1.24. The second-order valence-corrected chi connectivity index (χ2v) is 15.5. The third kappa shape index (κ3) is 5.57. The molecule has 3 aromatic heterocycles. The van der Waals surface area contributed by atoms with E-state index in [1.165, 1.54) is 37.1 Å². The number of benzene rings is 8. The highest BCUT2D eigenvalue weighted by atomic mass is 32.1. The summed E-state index contributed by atoms with van der Waals surface area (Å²) >= 11 is 1.78. The van der Waals surface area contributed by atoms with Gasteiger partial charge in [-0.25, -0.2) is 9.98 Å².